The molecule has 0 aliphatic rings. The fourth-order valence-electron chi connectivity index (χ4n) is 0.660. The van der Waals surface area contributed by atoms with Crippen molar-refractivity contribution in [2.45, 2.75) is 19.3 Å². The SMILES string of the molecule is CONC(=O)CCCC(=O)OC. The van der Waals surface area contributed by atoms with E-state index < -0.39 is 0 Å². The van der Waals surface area contributed by atoms with E-state index in [1.807, 2.05) is 0 Å². The molecule has 5 nitrogen and oxygen atoms in total. The van der Waals surface area contributed by atoms with Gasteiger partial charge in [0.1, 0.15) is 0 Å². The molecule has 0 aromatic rings. The zero-order valence-electron chi connectivity index (χ0n) is 7.25. The normalized spacial score (nSPS) is 9.17. The first kappa shape index (κ1) is 10.9. The van der Waals surface area contributed by atoms with Crippen LogP contribution in [0.25, 0.3) is 0 Å². The molecule has 0 spiro atoms. The van der Waals surface area contributed by atoms with Crippen LogP contribution in [-0.4, -0.2) is 26.1 Å². The first-order chi connectivity index (χ1) is 5.70. The molecule has 0 aliphatic carbocycles. The summed E-state index contributed by atoms with van der Waals surface area (Å²) in [6, 6.07) is 0. The molecule has 0 heterocycles. The van der Waals surface area contributed by atoms with E-state index in [1.165, 1.54) is 14.2 Å². The minimum atomic E-state index is -0.305. The average molecular weight is 175 g/mol. The standard InChI is InChI=1S/C7H13NO4/c1-11-7(10)5-3-4-6(9)8-12-2/h3-5H2,1-2H3,(H,8,9). The Labute approximate surface area is 71.0 Å². The van der Waals surface area contributed by atoms with Crippen molar-refractivity contribution in [2.24, 2.45) is 0 Å². The van der Waals surface area contributed by atoms with Gasteiger partial charge in [-0.15, -0.1) is 0 Å². The van der Waals surface area contributed by atoms with Crippen LogP contribution in [0, 0.1) is 0 Å². The quantitative estimate of drug-likeness (QED) is 0.472. The lowest BCUT2D eigenvalue weighted by Gasteiger charge is -2.00. The maximum atomic E-state index is 10.7. The molecular weight excluding hydrogens is 162 g/mol. The molecule has 5 heteroatoms. The van der Waals surface area contributed by atoms with Crippen LogP contribution in [0.2, 0.25) is 0 Å². The maximum absolute atomic E-state index is 10.7. The van der Waals surface area contributed by atoms with Gasteiger partial charge in [-0.2, -0.15) is 0 Å². The number of amides is 1. The Morgan fingerprint density at radius 2 is 1.92 bits per heavy atom. The van der Waals surface area contributed by atoms with Gasteiger partial charge in [0, 0.05) is 12.8 Å². The third kappa shape index (κ3) is 5.67. The minimum Gasteiger partial charge on any atom is -0.469 e. The molecule has 0 saturated heterocycles. The van der Waals surface area contributed by atoms with Crippen LogP contribution in [0.15, 0.2) is 0 Å². The highest BCUT2D eigenvalue weighted by Crippen LogP contribution is 1.96. The van der Waals surface area contributed by atoms with E-state index in [2.05, 4.69) is 15.1 Å². The lowest BCUT2D eigenvalue weighted by Crippen LogP contribution is -2.21. The smallest absolute Gasteiger partial charge is 0.305 e. The molecule has 0 aliphatic heterocycles. The second-order valence-electron chi connectivity index (χ2n) is 2.16. The van der Waals surface area contributed by atoms with Gasteiger partial charge in [0.05, 0.1) is 14.2 Å². The van der Waals surface area contributed by atoms with Crippen LogP contribution in [0.1, 0.15) is 19.3 Å². The fourth-order valence-corrected chi connectivity index (χ4v) is 0.660. The van der Waals surface area contributed by atoms with Gasteiger partial charge in [0.2, 0.25) is 5.91 Å². The third-order valence-corrected chi connectivity index (χ3v) is 1.23. The second-order valence-corrected chi connectivity index (χ2v) is 2.16. The fraction of sp³-hybridized carbons (Fsp3) is 0.714. The summed E-state index contributed by atoms with van der Waals surface area (Å²) in [6.45, 7) is 0. The van der Waals surface area contributed by atoms with E-state index in [0.717, 1.165) is 0 Å². The number of rotatable bonds is 5. The van der Waals surface area contributed by atoms with Gasteiger partial charge in [-0.25, -0.2) is 5.48 Å². The van der Waals surface area contributed by atoms with Crippen molar-refractivity contribution in [3.63, 3.8) is 0 Å². The summed E-state index contributed by atoms with van der Waals surface area (Å²) in [7, 11) is 2.68. The molecule has 1 amide bonds. The summed E-state index contributed by atoms with van der Waals surface area (Å²) < 4.78 is 4.39. The summed E-state index contributed by atoms with van der Waals surface area (Å²) in [4.78, 5) is 25.7. The highest BCUT2D eigenvalue weighted by atomic mass is 16.6. The van der Waals surface area contributed by atoms with Crippen LogP contribution in [0.4, 0.5) is 0 Å². The summed E-state index contributed by atoms with van der Waals surface area (Å²) in [5.41, 5.74) is 2.15. The maximum Gasteiger partial charge on any atom is 0.305 e. The van der Waals surface area contributed by atoms with Crippen molar-refractivity contribution >= 4 is 11.9 Å². The number of hydroxylamine groups is 1. The van der Waals surface area contributed by atoms with Gasteiger partial charge in [-0.3, -0.25) is 14.4 Å². The zero-order chi connectivity index (χ0) is 9.40. The number of nitrogens with one attached hydrogen (secondary N) is 1. The molecule has 0 radical (unpaired) electrons. The molecular formula is C7H13NO4. The van der Waals surface area contributed by atoms with Gasteiger partial charge < -0.3 is 4.74 Å². The van der Waals surface area contributed by atoms with Gasteiger partial charge in [0.25, 0.3) is 0 Å². The average Bonchev–Trinajstić information content (AvgIpc) is 2.04. The van der Waals surface area contributed by atoms with Crippen molar-refractivity contribution in [1.82, 2.24) is 5.48 Å². The molecule has 0 saturated carbocycles. The molecule has 0 rings (SSSR count). The van der Waals surface area contributed by atoms with E-state index in [-0.39, 0.29) is 24.7 Å². The molecule has 0 bridgehead atoms. The van der Waals surface area contributed by atoms with Crippen LogP contribution in [0.3, 0.4) is 0 Å². The predicted molar refractivity (Wildman–Crippen MR) is 41.0 cm³/mol. The molecule has 0 aromatic carbocycles. The Bertz CT molecular complexity index is 157. The molecule has 1 N–H and O–H groups in total. The molecule has 0 atom stereocenters. The van der Waals surface area contributed by atoms with E-state index in [9.17, 15) is 9.59 Å². The van der Waals surface area contributed by atoms with Gasteiger partial charge >= 0.3 is 5.97 Å². The highest BCUT2D eigenvalue weighted by Gasteiger charge is 2.03. The molecule has 0 fully saturated rings. The summed E-state index contributed by atoms with van der Waals surface area (Å²) in [6.07, 6.45) is 0.998. The van der Waals surface area contributed by atoms with Crippen molar-refractivity contribution in [3.8, 4) is 0 Å². The van der Waals surface area contributed by atoms with Crippen molar-refractivity contribution in [1.29, 1.82) is 0 Å². The number of carbonyl (C=O) groups excluding carboxylic acids is 2. The van der Waals surface area contributed by atoms with Crippen molar-refractivity contribution in [2.75, 3.05) is 14.2 Å². The highest BCUT2D eigenvalue weighted by molar-refractivity contribution is 5.75. The molecule has 70 valence electrons. The van der Waals surface area contributed by atoms with Crippen LogP contribution in [0.5, 0.6) is 0 Å². The second kappa shape index (κ2) is 6.60. The van der Waals surface area contributed by atoms with E-state index >= 15 is 0 Å². The Morgan fingerprint density at radius 1 is 1.25 bits per heavy atom. The van der Waals surface area contributed by atoms with Crippen molar-refractivity contribution in [3.05, 3.63) is 0 Å². The first-order valence-electron chi connectivity index (χ1n) is 3.59. The van der Waals surface area contributed by atoms with E-state index in [1.54, 1.807) is 0 Å². The zero-order valence-corrected chi connectivity index (χ0v) is 7.25. The summed E-state index contributed by atoms with van der Waals surface area (Å²) in [5, 5.41) is 0. The lowest BCUT2D eigenvalue weighted by atomic mass is 10.2. The number of methoxy groups -OCH3 is 1. The Kier molecular flexibility index (Phi) is 6.00. The number of carbonyl (C=O) groups is 2. The van der Waals surface area contributed by atoms with Gasteiger partial charge in [-0.05, 0) is 6.42 Å². The van der Waals surface area contributed by atoms with Gasteiger partial charge in [-0.1, -0.05) is 0 Å². The van der Waals surface area contributed by atoms with Crippen LogP contribution >= 0.6 is 0 Å². The summed E-state index contributed by atoms with van der Waals surface area (Å²) in [5.74, 6) is -0.540. The third-order valence-electron chi connectivity index (χ3n) is 1.23. The number of hydrogen-bond donors (Lipinski definition) is 1. The number of esters is 1. The Hall–Kier alpha value is -1.10. The van der Waals surface area contributed by atoms with E-state index in [4.69, 9.17) is 0 Å². The molecule has 12 heavy (non-hydrogen) atoms. The van der Waals surface area contributed by atoms with Crippen LogP contribution < -0.4 is 5.48 Å². The number of hydrogen-bond acceptors (Lipinski definition) is 4. The van der Waals surface area contributed by atoms with Gasteiger partial charge in [0.15, 0.2) is 0 Å². The Morgan fingerprint density at radius 3 is 2.42 bits per heavy atom. The first-order valence-corrected chi connectivity index (χ1v) is 3.59. The lowest BCUT2D eigenvalue weighted by molar-refractivity contribution is -0.140. The van der Waals surface area contributed by atoms with Crippen molar-refractivity contribution < 1.29 is 19.2 Å². The largest absolute Gasteiger partial charge is 0.469 e. The minimum absolute atomic E-state index is 0.235. The molecule has 0 aromatic heterocycles. The monoisotopic (exact) mass is 175 g/mol. The Balaban J connectivity index is 3.30. The van der Waals surface area contributed by atoms with Crippen LogP contribution in [-0.2, 0) is 19.2 Å². The van der Waals surface area contributed by atoms with E-state index in [0.29, 0.717) is 6.42 Å². The number of ether oxygens (including phenoxy) is 1. The summed E-state index contributed by atoms with van der Waals surface area (Å²) >= 11 is 0. The molecule has 0 unspecified atom stereocenters. The topological polar surface area (TPSA) is 64.6 Å². The predicted octanol–water partition coefficient (Wildman–Crippen LogP) is 0.00730.